The van der Waals surface area contributed by atoms with Crippen LogP contribution in [0.1, 0.15) is 44.2 Å². The highest BCUT2D eigenvalue weighted by Crippen LogP contribution is 2.34. The average Bonchev–Trinajstić information content (AvgIpc) is 2.90. The van der Waals surface area contributed by atoms with Gasteiger partial charge in [-0.2, -0.15) is 13.2 Å². The number of carboxylic acid groups (broad SMARTS) is 1. The Morgan fingerprint density at radius 2 is 1.80 bits per heavy atom. The summed E-state index contributed by atoms with van der Waals surface area (Å²) in [6.45, 7) is 3.75. The first-order chi connectivity index (χ1) is 19.3. The predicted octanol–water partition coefficient (Wildman–Crippen LogP) is 5.28. The Bertz CT molecular complexity index is 1480. The van der Waals surface area contributed by atoms with Crippen molar-refractivity contribution in [2.75, 3.05) is 13.7 Å². The zero-order valence-electron chi connectivity index (χ0n) is 23.0. The minimum Gasteiger partial charge on any atom is -0.495 e. The summed E-state index contributed by atoms with van der Waals surface area (Å²) >= 11 is 6.52. The maximum atomic E-state index is 13.8. The molecule has 0 saturated heterocycles. The summed E-state index contributed by atoms with van der Waals surface area (Å²) in [5.41, 5.74) is -2.18. The van der Waals surface area contributed by atoms with Crippen molar-refractivity contribution >= 4 is 17.6 Å². The summed E-state index contributed by atoms with van der Waals surface area (Å²) in [6, 6.07) is 9.34. The maximum absolute atomic E-state index is 13.8. The van der Waals surface area contributed by atoms with Gasteiger partial charge in [0.25, 0.3) is 5.56 Å². The van der Waals surface area contributed by atoms with Crippen LogP contribution in [0.4, 0.5) is 13.2 Å². The van der Waals surface area contributed by atoms with E-state index in [4.69, 9.17) is 21.4 Å². The molecule has 12 heteroatoms. The van der Waals surface area contributed by atoms with Crippen LogP contribution in [0.3, 0.4) is 0 Å². The highest BCUT2D eigenvalue weighted by Gasteiger charge is 2.33. The molecule has 0 saturated carbocycles. The Morgan fingerprint density at radius 1 is 1.10 bits per heavy atom. The standard InChI is InChI=1S/C29H33ClF3N3O5/c1-18(2)14-20(34-13-7-12-25(37)38)16-36-27(39)22(21-9-6-11-24(41-3)26(21)30)17-35(28(36)40)15-19-8-4-5-10-23(19)29(31,32)33/h4-6,8-11,17-18,20,34H,7,12-16H2,1-3H3,(H,37,38)/t20-/m1/s1. The van der Waals surface area contributed by atoms with Crippen LogP contribution >= 0.6 is 11.6 Å². The molecule has 222 valence electrons. The maximum Gasteiger partial charge on any atom is 0.416 e. The van der Waals surface area contributed by atoms with Crippen molar-refractivity contribution in [3.63, 3.8) is 0 Å². The molecule has 0 unspecified atom stereocenters. The Labute approximate surface area is 240 Å². The summed E-state index contributed by atoms with van der Waals surface area (Å²) in [4.78, 5) is 38.4. The fourth-order valence-corrected chi connectivity index (χ4v) is 4.97. The molecule has 0 bridgehead atoms. The lowest BCUT2D eigenvalue weighted by molar-refractivity contribution is -0.138. The monoisotopic (exact) mass is 595 g/mol. The van der Waals surface area contributed by atoms with Crippen LogP contribution in [0.15, 0.2) is 58.3 Å². The number of aliphatic carboxylic acids is 1. The summed E-state index contributed by atoms with van der Waals surface area (Å²) in [5, 5.41) is 12.3. The number of alkyl halides is 3. The van der Waals surface area contributed by atoms with Crippen LogP contribution < -0.4 is 21.3 Å². The number of carbonyl (C=O) groups is 1. The van der Waals surface area contributed by atoms with Gasteiger partial charge in [0.2, 0.25) is 0 Å². The van der Waals surface area contributed by atoms with Crippen LogP contribution in [-0.2, 0) is 24.1 Å². The number of aromatic nitrogens is 2. The number of hydrogen-bond acceptors (Lipinski definition) is 5. The lowest BCUT2D eigenvalue weighted by atomic mass is 10.0. The van der Waals surface area contributed by atoms with Crippen molar-refractivity contribution in [3.05, 3.63) is 85.6 Å². The Hall–Kier alpha value is -3.57. The van der Waals surface area contributed by atoms with Gasteiger partial charge >= 0.3 is 17.8 Å². The zero-order chi connectivity index (χ0) is 30.3. The van der Waals surface area contributed by atoms with E-state index in [1.807, 2.05) is 13.8 Å². The molecule has 0 aliphatic heterocycles. The second-order valence-corrected chi connectivity index (χ2v) is 10.5. The van der Waals surface area contributed by atoms with E-state index < -0.39 is 35.5 Å². The van der Waals surface area contributed by atoms with E-state index in [1.165, 1.54) is 31.5 Å². The third-order valence-electron chi connectivity index (χ3n) is 6.53. The lowest BCUT2D eigenvalue weighted by Gasteiger charge is -2.23. The Kier molecular flexibility index (Phi) is 10.8. The summed E-state index contributed by atoms with van der Waals surface area (Å²) in [7, 11) is 1.41. The third-order valence-corrected chi connectivity index (χ3v) is 6.92. The second-order valence-electron chi connectivity index (χ2n) is 10.1. The SMILES string of the molecule is COc1cccc(-c2cn(Cc3ccccc3C(F)(F)F)c(=O)n(C[C@@H](CC(C)C)NCCCC(=O)O)c2=O)c1Cl. The smallest absolute Gasteiger partial charge is 0.416 e. The van der Waals surface area contributed by atoms with Gasteiger partial charge in [-0.05, 0) is 43.0 Å². The Morgan fingerprint density at radius 3 is 2.44 bits per heavy atom. The lowest BCUT2D eigenvalue weighted by Crippen LogP contribution is -2.46. The fraction of sp³-hybridized carbons (Fsp3) is 0.414. The molecular formula is C29H33ClF3N3O5. The molecule has 3 rings (SSSR count). The quantitative estimate of drug-likeness (QED) is 0.261. The van der Waals surface area contributed by atoms with E-state index in [0.29, 0.717) is 19.4 Å². The van der Waals surface area contributed by atoms with Gasteiger partial charge in [0, 0.05) is 30.8 Å². The number of nitrogens with one attached hydrogen (secondary N) is 1. The first-order valence-electron chi connectivity index (χ1n) is 13.1. The van der Waals surface area contributed by atoms with Crippen LogP contribution in [0.25, 0.3) is 11.1 Å². The molecular weight excluding hydrogens is 563 g/mol. The molecule has 0 fully saturated rings. The van der Waals surface area contributed by atoms with Gasteiger partial charge in [0.1, 0.15) is 5.75 Å². The highest BCUT2D eigenvalue weighted by molar-refractivity contribution is 6.34. The average molecular weight is 596 g/mol. The van der Waals surface area contributed by atoms with Crippen LogP contribution in [0.5, 0.6) is 5.75 Å². The minimum absolute atomic E-state index is 0.0205. The number of methoxy groups -OCH3 is 1. The molecule has 0 amide bonds. The molecule has 0 aliphatic carbocycles. The van der Waals surface area contributed by atoms with E-state index in [2.05, 4.69) is 5.32 Å². The van der Waals surface area contributed by atoms with Crippen LogP contribution in [0, 0.1) is 5.92 Å². The number of benzene rings is 2. The number of ether oxygens (including phenoxy) is 1. The van der Waals surface area contributed by atoms with Gasteiger partial charge in [-0.3, -0.25) is 18.7 Å². The molecule has 41 heavy (non-hydrogen) atoms. The molecule has 0 spiro atoms. The zero-order valence-corrected chi connectivity index (χ0v) is 23.8. The molecule has 0 radical (unpaired) electrons. The van der Waals surface area contributed by atoms with Crippen molar-refractivity contribution in [2.45, 2.75) is 58.4 Å². The molecule has 1 heterocycles. The van der Waals surface area contributed by atoms with Crippen molar-refractivity contribution in [2.24, 2.45) is 5.92 Å². The van der Waals surface area contributed by atoms with Gasteiger partial charge < -0.3 is 15.2 Å². The number of hydrogen-bond donors (Lipinski definition) is 2. The summed E-state index contributed by atoms with van der Waals surface area (Å²) < 4.78 is 48.6. The van der Waals surface area contributed by atoms with Gasteiger partial charge in [0.05, 0.1) is 29.8 Å². The molecule has 3 aromatic rings. The molecule has 0 aliphatic rings. The van der Waals surface area contributed by atoms with E-state index in [1.54, 1.807) is 18.2 Å². The predicted molar refractivity (Wildman–Crippen MR) is 151 cm³/mol. The number of rotatable bonds is 13. The molecule has 1 atom stereocenters. The topological polar surface area (TPSA) is 103 Å². The molecule has 1 aromatic heterocycles. The van der Waals surface area contributed by atoms with Crippen molar-refractivity contribution in [3.8, 4) is 16.9 Å². The van der Waals surface area contributed by atoms with Gasteiger partial charge in [-0.25, -0.2) is 4.79 Å². The van der Waals surface area contributed by atoms with Crippen LogP contribution in [-0.4, -0.2) is 39.9 Å². The number of halogens is 4. The Balaban J connectivity index is 2.17. The van der Waals surface area contributed by atoms with E-state index in [0.717, 1.165) is 15.2 Å². The van der Waals surface area contributed by atoms with Gasteiger partial charge in [0.15, 0.2) is 0 Å². The molecule has 8 nitrogen and oxygen atoms in total. The first-order valence-corrected chi connectivity index (χ1v) is 13.5. The van der Waals surface area contributed by atoms with E-state index >= 15 is 0 Å². The fourth-order valence-electron chi connectivity index (χ4n) is 4.66. The summed E-state index contributed by atoms with van der Waals surface area (Å²) in [6.07, 6.45) is -2.56. The van der Waals surface area contributed by atoms with Crippen molar-refractivity contribution in [1.82, 2.24) is 14.5 Å². The van der Waals surface area contributed by atoms with E-state index in [-0.39, 0.29) is 52.4 Å². The van der Waals surface area contributed by atoms with E-state index in [9.17, 15) is 27.6 Å². The summed E-state index contributed by atoms with van der Waals surface area (Å²) in [5.74, 6) is -0.485. The second kappa shape index (κ2) is 13.9. The van der Waals surface area contributed by atoms with Crippen molar-refractivity contribution in [1.29, 1.82) is 0 Å². The highest BCUT2D eigenvalue weighted by atomic mass is 35.5. The normalized spacial score (nSPS) is 12.5. The largest absolute Gasteiger partial charge is 0.495 e. The van der Waals surface area contributed by atoms with Gasteiger partial charge in [-0.1, -0.05) is 55.8 Å². The van der Waals surface area contributed by atoms with Crippen molar-refractivity contribution < 1.29 is 27.8 Å². The molecule has 2 N–H and O–H groups in total. The number of nitrogens with zero attached hydrogens (tertiary/aromatic N) is 2. The minimum atomic E-state index is -4.64. The molecule has 2 aromatic carbocycles. The van der Waals surface area contributed by atoms with Crippen LogP contribution in [0.2, 0.25) is 5.02 Å². The van der Waals surface area contributed by atoms with Gasteiger partial charge in [-0.15, -0.1) is 0 Å². The third kappa shape index (κ3) is 8.23. The first kappa shape index (κ1) is 32.0. The number of carboxylic acids is 1.